The van der Waals surface area contributed by atoms with Gasteiger partial charge in [0.25, 0.3) is 11.8 Å². The molecule has 3 saturated heterocycles. The van der Waals surface area contributed by atoms with Crippen LogP contribution >= 0.6 is 0 Å². The molecule has 3 aromatic rings. The third-order valence-electron chi connectivity index (χ3n) is 6.74. The Morgan fingerprint density at radius 2 is 1.32 bits per heavy atom. The maximum Gasteiger partial charge on any atom is 0.267 e. The highest BCUT2D eigenvalue weighted by molar-refractivity contribution is 6.36. The lowest BCUT2D eigenvalue weighted by molar-refractivity contribution is 0.0924. The molecule has 3 atom stereocenters. The van der Waals surface area contributed by atoms with E-state index in [1.807, 2.05) is 30.3 Å². The lowest BCUT2D eigenvalue weighted by atomic mass is 9.95. The van der Waals surface area contributed by atoms with Crippen LogP contribution in [-0.4, -0.2) is 69.8 Å². The van der Waals surface area contributed by atoms with E-state index in [2.05, 4.69) is 0 Å². The fraction of sp³-hybridized carbons (Fsp3) is 0.310. The lowest BCUT2D eigenvalue weighted by Gasteiger charge is -2.19. The summed E-state index contributed by atoms with van der Waals surface area (Å²) in [6.45, 7) is 3.05. The molecule has 38 heavy (non-hydrogen) atoms. The van der Waals surface area contributed by atoms with Crippen molar-refractivity contribution < 1.29 is 38.0 Å². The number of carbonyl (C=O) groups excluding carboxylic acids is 2. The highest BCUT2D eigenvalue weighted by Gasteiger charge is 2.42. The Kier molecular flexibility index (Phi) is 5.76. The summed E-state index contributed by atoms with van der Waals surface area (Å²) in [5, 5.41) is 0. The number of carbonyl (C=O) groups is 2. The van der Waals surface area contributed by atoms with Gasteiger partial charge in [0, 0.05) is 11.6 Å². The smallest absolute Gasteiger partial charge is 0.267 e. The summed E-state index contributed by atoms with van der Waals surface area (Å²) in [5.74, 6) is 0.599. The van der Waals surface area contributed by atoms with E-state index in [9.17, 15) is 9.59 Å². The number of nitrogens with zero attached hydrogens (tertiary/aromatic N) is 1. The molecular formula is C29H25NO8. The van der Waals surface area contributed by atoms with Crippen LogP contribution in [0.2, 0.25) is 0 Å². The van der Waals surface area contributed by atoms with Crippen LogP contribution in [0.25, 0.3) is 11.1 Å². The molecule has 0 aromatic heterocycles. The number of hydrogen-bond acceptors (Lipinski definition) is 8. The van der Waals surface area contributed by atoms with Gasteiger partial charge in [-0.1, -0.05) is 30.3 Å². The van der Waals surface area contributed by atoms with E-state index < -0.39 is 11.8 Å². The first-order chi connectivity index (χ1) is 18.7. The molecule has 0 spiro atoms. The lowest BCUT2D eigenvalue weighted by Crippen LogP contribution is -2.30. The van der Waals surface area contributed by atoms with Gasteiger partial charge >= 0.3 is 0 Å². The second-order valence-corrected chi connectivity index (χ2v) is 9.60. The fourth-order valence-electron chi connectivity index (χ4n) is 4.47. The molecule has 0 aliphatic carbocycles. The van der Waals surface area contributed by atoms with Crippen LogP contribution in [0.1, 0.15) is 20.7 Å². The first-order valence-electron chi connectivity index (χ1n) is 12.6. The summed E-state index contributed by atoms with van der Waals surface area (Å²) in [7, 11) is 0. The fourth-order valence-corrected chi connectivity index (χ4v) is 4.47. The second-order valence-electron chi connectivity index (χ2n) is 9.60. The molecule has 194 valence electrons. The molecule has 3 unspecified atom stereocenters. The van der Waals surface area contributed by atoms with Crippen molar-refractivity contribution in [3.63, 3.8) is 0 Å². The monoisotopic (exact) mass is 515 g/mol. The van der Waals surface area contributed by atoms with Gasteiger partial charge in [-0.3, -0.25) is 9.59 Å². The molecule has 9 heteroatoms. The second kappa shape index (κ2) is 9.43. The number of rotatable bonds is 11. The number of benzene rings is 3. The summed E-state index contributed by atoms with van der Waals surface area (Å²) in [5.41, 5.74) is 2.33. The van der Waals surface area contributed by atoms with Crippen LogP contribution in [0.15, 0.2) is 60.7 Å². The van der Waals surface area contributed by atoms with E-state index in [0.717, 1.165) is 5.56 Å². The van der Waals surface area contributed by atoms with Crippen molar-refractivity contribution >= 4 is 17.5 Å². The minimum Gasteiger partial charge on any atom is -0.491 e. The zero-order chi connectivity index (χ0) is 25.6. The van der Waals surface area contributed by atoms with Gasteiger partial charge in [0.1, 0.15) is 55.4 Å². The molecular weight excluding hydrogens is 490 g/mol. The summed E-state index contributed by atoms with van der Waals surface area (Å²) >= 11 is 0. The van der Waals surface area contributed by atoms with Crippen molar-refractivity contribution in [3.05, 3.63) is 71.8 Å². The molecule has 0 saturated carbocycles. The number of hydrogen-bond donors (Lipinski definition) is 0. The molecule has 7 rings (SSSR count). The SMILES string of the molecule is O=C1c2ccc(OCC3CO3)c(-c3ccccc3)c2C(=O)N1c1ccc(OCC2CO2)cc1OCC1CO1. The summed E-state index contributed by atoms with van der Waals surface area (Å²) in [6.07, 6.45) is 0.131. The van der Waals surface area contributed by atoms with Crippen LogP contribution in [0.4, 0.5) is 5.69 Å². The number of imide groups is 1. The van der Waals surface area contributed by atoms with E-state index in [0.29, 0.717) is 79.3 Å². The van der Waals surface area contributed by atoms with Crippen LogP contribution in [-0.2, 0) is 14.2 Å². The Hall–Kier alpha value is -3.92. The highest BCUT2D eigenvalue weighted by atomic mass is 16.6. The molecule has 2 amide bonds. The number of anilines is 1. The average Bonchev–Trinajstić information content (AvgIpc) is 3.81. The minimum absolute atomic E-state index is 0.00527. The largest absolute Gasteiger partial charge is 0.491 e. The third kappa shape index (κ3) is 4.60. The van der Waals surface area contributed by atoms with E-state index in [4.69, 9.17) is 28.4 Å². The summed E-state index contributed by atoms with van der Waals surface area (Å²) in [4.78, 5) is 28.9. The Morgan fingerprint density at radius 3 is 1.97 bits per heavy atom. The standard InChI is InChI=1S/C29H25NO8/c31-28-22-7-9-24(37-15-20-13-35-20)26(17-4-2-1-3-5-17)27(22)29(32)30(28)23-8-6-18(33-11-19-12-34-19)10-25(23)38-16-21-14-36-21/h1-10,19-21H,11-16H2. The maximum absolute atomic E-state index is 14.0. The van der Waals surface area contributed by atoms with E-state index in [1.54, 1.807) is 30.3 Å². The normalized spacial score (nSPS) is 22.7. The van der Waals surface area contributed by atoms with Gasteiger partial charge in [0.2, 0.25) is 0 Å². The summed E-state index contributed by atoms with van der Waals surface area (Å²) < 4.78 is 33.7. The molecule has 9 nitrogen and oxygen atoms in total. The van der Waals surface area contributed by atoms with Gasteiger partial charge in [-0.05, 0) is 29.8 Å². The third-order valence-corrected chi connectivity index (χ3v) is 6.74. The first kappa shape index (κ1) is 23.2. The number of amides is 2. The van der Waals surface area contributed by atoms with Crippen LogP contribution < -0.4 is 19.1 Å². The predicted molar refractivity (Wildman–Crippen MR) is 135 cm³/mol. The van der Waals surface area contributed by atoms with E-state index in [1.165, 1.54) is 4.90 Å². The Morgan fingerprint density at radius 1 is 0.684 bits per heavy atom. The van der Waals surface area contributed by atoms with Crippen LogP contribution in [0.3, 0.4) is 0 Å². The Balaban J connectivity index is 1.26. The van der Waals surface area contributed by atoms with Gasteiger partial charge in [0.15, 0.2) is 0 Å². The van der Waals surface area contributed by atoms with Gasteiger partial charge in [-0.15, -0.1) is 0 Å². The number of fused-ring (bicyclic) bond motifs is 1. The molecule has 4 heterocycles. The Bertz CT molecular complexity index is 1400. The molecule has 0 radical (unpaired) electrons. The van der Waals surface area contributed by atoms with Gasteiger partial charge < -0.3 is 28.4 Å². The van der Waals surface area contributed by atoms with Gasteiger partial charge in [-0.25, -0.2) is 4.90 Å². The number of ether oxygens (including phenoxy) is 6. The van der Waals surface area contributed by atoms with E-state index in [-0.39, 0.29) is 18.3 Å². The summed E-state index contributed by atoms with van der Waals surface area (Å²) in [6, 6.07) is 18.0. The molecule has 0 bridgehead atoms. The first-order valence-corrected chi connectivity index (χ1v) is 12.6. The van der Waals surface area contributed by atoms with Crippen molar-refractivity contribution in [2.24, 2.45) is 0 Å². The van der Waals surface area contributed by atoms with Gasteiger partial charge in [0.05, 0.1) is 36.6 Å². The van der Waals surface area contributed by atoms with Crippen molar-refractivity contribution in [2.45, 2.75) is 18.3 Å². The topological polar surface area (TPSA) is 103 Å². The molecule has 3 fully saturated rings. The van der Waals surface area contributed by atoms with Crippen molar-refractivity contribution in [3.8, 4) is 28.4 Å². The van der Waals surface area contributed by atoms with E-state index >= 15 is 0 Å². The van der Waals surface area contributed by atoms with Crippen molar-refractivity contribution in [1.82, 2.24) is 0 Å². The quantitative estimate of drug-likeness (QED) is 0.283. The van der Waals surface area contributed by atoms with Crippen LogP contribution in [0.5, 0.6) is 17.2 Å². The maximum atomic E-state index is 14.0. The Labute approximate surface area is 218 Å². The molecule has 4 aliphatic rings. The minimum atomic E-state index is -0.440. The highest BCUT2D eigenvalue weighted by Crippen LogP contribution is 2.43. The molecule has 0 N–H and O–H groups in total. The zero-order valence-electron chi connectivity index (χ0n) is 20.5. The number of epoxide rings is 3. The van der Waals surface area contributed by atoms with Gasteiger partial charge in [-0.2, -0.15) is 0 Å². The average molecular weight is 516 g/mol. The van der Waals surface area contributed by atoms with Crippen molar-refractivity contribution in [2.75, 3.05) is 44.5 Å². The van der Waals surface area contributed by atoms with Crippen molar-refractivity contribution in [1.29, 1.82) is 0 Å². The zero-order valence-corrected chi connectivity index (χ0v) is 20.5. The van der Waals surface area contributed by atoms with Crippen LogP contribution in [0, 0.1) is 0 Å². The predicted octanol–water partition coefficient (Wildman–Crippen LogP) is 3.49. The molecule has 3 aromatic carbocycles. The molecule has 4 aliphatic heterocycles.